The fourth-order valence-electron chi connectivity index (χ4n) is 6.25. The first kappa shape index (κ1) is 16.9. The molecule has 5 nitrogen and oxygen atoms in total. The monoisotopic (exact) mass is 686 g/mol. The number of aromatic nitrogens is 4. The maximum atomic E-state index is 9.79. The number of para-hydroxylation sites is 1. The molecule has 0 fully saturated rings. The first-order chi connectivity index (χ1) is 32.0. The third kappa shape index (κ3) is 4.43. The van der Waals surface area contributed by atoms with E-state index in [2.05, 4.69) is 15.0 Å². The van der Waals surface area contributed by atoms with Crippen LogP contribution in [0.5, 0.6) is 0 Å². The lowest BCUT2D eigenvalue weighted by Gasteiger charge is -2.08. The van der Waals surface area contributed by atoms with Gasteiger partial charge in [0.25, 0.3) is 0 Å². The molecule has 11 rings (SSSR count). The SMILES string of the molecule is [2H]c1c(-n2c3c([2H])c([2H])c([2H])c([2H])c3c3c([2H])c4c(sc5c([2H])c([2H])c([2H])c([2H])c54)c([2H])c32)c([2H])c2c(oc3c([2H])c(-c4nc(-c5ccccc5)nc(-c5ccccc5)n4)c([2H])c([2H])c32)c1[2H]. The van der Waals surface area contributed by atoms with E-state index >= 15 is 0 Å². The fourth-order valence-corrected chi connectivity index (χ4v) is 7.21. The molecule has 4 heterocycles. The van der Waals surface area contributed by atoms with Crippen molar-refractivity contribution in [2.75, 3.05) is 0 Å². The molecule has 0 unspecified atom stereocenters. The summed E-state index contributed by atoms with van der Waals surface area (Å²) in [5.74, 6) is 0.301. The Morgan fingerprint density at radius 2 is 1.16 bits per heavy atom. The molecule has 0 saturated heterocycles. The summed E-state index contributed by atoms with van der Waals surface area (Å²) >= 11 is 0.805. The summed E-state index contributed by atoms with van der Waals surface area (Å²) in [7, 11) is 0. The van der Waals surface area contributed by atoms with Gasteiger partial charge in [0.1, 0.15) is 11.2 Å². The normalized spacial score (nSPS) is 16.3. The largest absolute Gasteiger partial charge is 0.456 e. The average Bonchev–Trinajstić information content (AvgIpc) is 4.05. The van der Waals surface area contributed by atoms with Gasteiger partial charge in [-0.05, 0) is 54.4 Å². The van der Waals surface area contributed by atoms with Gasteiger partial charge < -0.3 is 8.98 Å². The molecule has 0 aliphatic rings. The van der Waals surface area contributed by atoms with Crippen LogP contribution in [-0.2, 0) is 0 Å². The number of benzene rings is 7. The molecule has 238 valence electrons. The summed E-state index contributed by atoms with van der Waals surface area (Å²) in [6.45, 7) is 0. The number of hydrogen-bond acceptors (Lipinski definition) is 5. The first-order valence-electron chi connectivity index (χ1n) is 23.7. The molecule has 0 saturated carbocycles. The van der Waals surface area contributed by atoms with Crippen molar-refractivity contribution in [3.05, 3.63) is 157 Å². The molecule has 0 aliphatic carbocycles. The topological polar surface area (TPSA) is 56.7 Å². The molecule has 7 aromatic carbocycles. The van der Waals surface area contributed by atoms with Crippen molar-refractivity contribution in [2.24, 2.45) is 0 Å². The van der Waals surface area contributed by atoms with Crippen molar-refractivity contribution >= 4 is 75.3 Å². The Bertz CT molecular complexity index is 4000. The lowest BCUT2D eigenvalue weighted by atomic mass is 10.1. The van der Waals surface area contributed by atoms with E-state index in [9.17, 15) is 11.0 Å². The van der Waals surface area contributed by atoms with Crippen LogP contribution in [0.15, 0.2) is 162 Å². The highest BCUT2D eigenvalue weighted by atomic mass is 32.1. The van der Waals surface area contributed by atoms with Crippen LogP contribution >= 0.6 is 11.3 Å². The first-order valence-corrected chi connectivity index (χ1v) is 16.5. The predicted octanol–water partition coefficient (Wildman–Crippen LogP) is 12.2. The average molecular weight is 687 g/mol. The van der Waals surface area contributed by atoms with Gasteiger partial charge in [-0.25, -0.2) is 15.0 Å². The van der Waals surface area contributed by atoms with Crippen LogP contribution in [0.25, 0.3) is 104 Å². The van der Waals surface area contributed by atoms with Crippen LogP contribution < -0.4 is 0 Å². The summed E-state index contributed by atoms with van der Waals surface area (Å²) in [4.78, 5) is 14.0. The highest BCUT2D eigenvalue weighted by molar-refractivity contribution is 7.25. The van der Waals surface area contributed by atoms with Crippen LogP contribution in [0, 0.1) is 0 Å². The van der Waals surface area contributed by atoms with Crippen LogP contribution in [-0.4, -0.2) is 19.5 Å². The molecule has 0 amide bonds. The lowest BCUT2D eigenvalue weighted by Crippen LogP contribution is -2.00. The van der Waals surface area contributed by atoms with E-state index in [4.69, 9.17) is 15.4 Å². The Hall–Kier alpha value is -6.63. The number of furan rings is 1. The number of thiophene rings is 1. The van der Waals surface area contributed by atoms with Gasteiger partial charge in [-0.15, -0.1) is 11.3 Å². The van der Waals surface area contributed by atoms with Crippen LogP contribution in [0.1, 0.15) is 21.9 Å². The number of rotatable bonds is 4. The second-order valence-corrected chi connectivity index (χ2v) is 12.6. The predicted molar refractivity (Wildman–Crippen MR) is 211 cm³/mol. The zero-order valence-corrected chi connectivity index (χ0v) is 26.7. The van der Waals surface area contributed by atoms with Gasteiger partial charge in [0.05, 0.1) is 33.0 Å². The van der Waals surface area contributed by atoms with Crippen molar-refractivity contribution in [1.82, 2.24) is 19.5 Å². The molecule has 0 spiro atoms. The molecule has 0 N–H and O–H groups in total. The third-order valence-corrected chi connectivity index (χ3v) is 9.58. The van der Waals surface area contributed by atoms with Crippen molar-refractivity contribution < 1.29 is 26.3 Å². The van der Waals surface area contributed by atoms with E-state index in [1.165, 1.54) is 0 Å². The molecule has 0 radical (unpaired) electrons. The van der Waals surface area contributed by atoms with E-state index < -0.39 is 108 Å². The summed E-state index contributed by atoms with van der Waals surface area (Å²) in [6, 6.07) is 8.80. The number of hydrogen-bond donors (Lipinski definition) is 0. The minimum atomic E-state index is -0.720. The van der Waals surface area contributed by atoms with Crippen molar-refractivity contribution in [1.29, 1.82) is 0 Å². The van der Waals surface area contributed by atoms with Gasteiger partial charge in [0, 0.05) is 64.1 Å². The number of fused-ring (bicyclic) bond motifs is 9. The van der Waals surface area contributed by atoms with Crippen LogP contribution in [0.2, 0.25) is 0 Å². The van der Waals surface area contributed by atoms with E-state index in [0.29, 0.717) is 11.1 Å². The van der Waals surface area contributed by atoms with Crippen LogP contribution in [0.3, 0.4) is 0 Å². The summed E-state index contributed by atoms with van der Waals surface area (Å²) in [6.07, 6.45) is 0. The molecular weight excluding hydrogens is 645 g/mol. The van der Waals surface area contributed by atoms with Crippen molar-refractivity contribution in [3.8, 4) is 39.9 Å². The Labute approximate surface area is 318 Å². The standard InChI is InChI=1S/C45H26N4OS/c1-3-11-27(12-4-1)43-46-44(28-13-5-2-6-14-28)48-45(47-43)29-19-21-32-35-24-30(20-22-39(35)50-40(32)23-29)49-37-17-9-7-15-31(37)34-25-36-33-16-8-10-18-41(33)51-42(36)26-38(34)49/h1-26H/i7D,8D,9D,10D,15D,16D,17D,18D,19D,20D,21D,22D,23D,24D,25D,26D. The molecular formula is C45H26N4OS. The van der Waals surface area contributed by atoms with Gasteiger partial charge in [-0.2, -0.15) is 0 Å². The van der Waals surface area contributed by atoms with Gasteiger partial charge >= 0.3 is 0 Å². The Balaban J connectivity index is 1.26. The van der Waals surface area contributed by atoms with Gasteiger partial charge in [-0.1, -0.05) is 103 Å². The highest BCUT2D eigenvalue weighted by Gasteiger charge is 2.18. The fraction of sp³-hybridized carbons (Fsp3) is 0. The summed E-state index contributed by atoms with van der Waals surface area (Å²) < 4.78 is 153. The lowest BCUT2D eigenvalue weighted by molar-refractivity contribution is 0.669. The van der Waals surface area contributed by atoms with Gasteiger partial charge in [-0.3, -0.25) is 0 Å². The maximum Gasteiger partial charge on any atom is 0.164 e. The van der Waals surface area contributed by atoms with Crippen LogP contribution in [0.4, 0.5) is 0 Å². The van der Waals surface area contributed by atoms with Gasteiger partial charge in [0.2, 0.25) is 0 Å². The Morgan fingerprint density at radius 1 is 0.471 bits per heavy atom. The zero-order valence-electron chi connectivity index (χ0n) is 41.9. The molecule has 11 aromatic rings. The molecule has 4 aromatic heterocycles. The zero-order chi connectivity index (χ0) is 47.4. The number of nitrogens with zero attached hydrogens (tertiary/aromatic N) is 4. The Kier molecular flexibility index (Phi) is 3.61. The molecule has 0 atom stereocenters. The van der Waals surface area contributed by atoms with Gasteiger partial charge in [0.15, 0.2) is 17.5 Å². The highest BCUT2D eigenvalue weighted by Crippen LogP contribution is 2.41. The maximum absolute atomic E-state index is 9.79. The van der Waals surface area contributed by atoms with E-state index in [0.717, 1.165) is 15.9 Å². The molecule has 0 aliphatic heterocycles. The molecule has 51 heavy (non-hydrogen) atoms. The van der Waals surface area contributed by atoms with E-state index in [1.54, 1.807) is 48.5 Å². The smallest absolute Gasteiger partial charge is 0.164 e. The van der Waals surface area contributed by atoms with E-state index in [-0.39, 0.29) is 81.4 Å². The molecule has 0 bridgehead atoms. The van der Waals surface area contributed by atoms with Crippen molar-refractivity contribution in [2.45, 2.75) is 0 Å². The molecule has 6 heteroatoms. The van der Waals surface area contributed by atoms with E-state index in [1.807, 2.05) is 12.1 Å². The second kappa shape index (κ2) is 10.9. The third-order valence-electron chi connectivity index (χ3n) is 8.56. The second-order valence-electron chi connectivity index (χ2n) is 11.6. The quantitative estimate of drug-likeness (QED) is 0.185. The summed E-state index contributed by atoms with van der Waals surface area (Å²) in [5.41, 5.74) is -0.866. The summed E-state index contributed by atoms with van der Waals surface area (Å²) in [5, 5.41) is -1.16. The van der Waals surface area contributed by atoms with Crippen molar-refractivity contribution in [3.63, 3.8) is 0 Å². The minimum Gasteiger partial charge on any atom is -0.456 e. The minimum absolute atomic E-state index is 0.000604. The Morgan fingerprint density at radius 3 is 1.92 bits per heavy atom.